The fourth-order valence-corrected chi connectivity index (χ4v) is 5.28. The molecule has 6 nitrogen and oxygen atoms in total. The van der Waals surface area contributed by atoms with Crippen LogP contribution in [-0.2, 0) is 10.5 Å². The van der Waals surface area contributed by atoms with Crippen LogP contribution in [0.25, 0.3) is 21.3 Å². The molecule has 1 amide bonds. The number of likely N-dealkylation sites (N-methyl/N-ethyl adjacent to an activating group) is 1. The lowest BCUT2D eigenvalue weighted by molar-refractivity contribution is -0.120. The van der Waals surface area contributed by atoms with E-state index in [0.29, 0.717) is 35.5 Å². The monoisotopic (exact) mass is 458 g/mol. The van der Waals surface area contributed by atoms with Crippen molar-refractivity contribution >= 4 is 39.2 Å². The average Bonchev–Trinajstić information content (AvgIpc) is 3.16. The molecule has 0 radical (unpaired) electrons. The van der Waals surface area contributed by atoms with Gasteiger partial charge in [0, 0.05) is 23.5 Å². The number of H-pyrrole nitrogens is 1. The summed E-state index contributed by atoms with van der Waals surface area (Å²) in [7, 11) is 4.06. The molecule has 0 saturated heterocycles. The smallest absolute Gasteiger partial charge is 0.260 e. The standard InChI is InChI=1S/C23H30N4O2S2/c1-14(2)18(27(4)5)11-24-21(28)15(3)30-13-19-25-22(29)20-17(12-31-23(20)26-19)16-9-7-6-8-10-16/h6-10,12,14-15,18H,11,13H2,1-5H3,(H,24,28)(H,25,26,29). The Labute approximate surface area is 191 Å². The molecule has 3 aromatic rings. The zero-order chi connectivity index (χ0) is 22.5. The Morgan fingerprint density at radius 3 is 2.58 bits per heavy atom. The van der Waals surface area contributed by atoms with Gasteiger partial charge < -0.3 is 15.2 Å². The molecule has 0 aliphatic heterocycles. The van der Waals surface area contributed by atoms with E-state index < -0.39 is 0 Å². The van der Waals surface area contributed by atoms with Crippen LogP contribution in [0.3, 0.4) is 0 Å². The van der Waals surface area contributed by atoms with Gasteiger partial charge in [-0.1, -0.05) is 44.2 Å². The number of benzene rings is 1. The van der Waals surface area contributed by atoms with Crippen LogP contribution in [0.4, 0.5) is 0 Å². The minimum atomic E-state index is -0.237. The van der Waals surface area contributed by atoms with Crippen molar-refractivity contribution in [2.24, 2.45) is 5.92 Å². The average molecular weight is 459 g/mol. The number of fused-ring (bicyclic) bond motifs is 1. The third-order valence-corrected chi connectivity index (χ3v) is 7.36. The van der Waals surface area contributed by atoms with Crippen LogP contribution in [0.5, 0.6) is 0 Å². The summed E-state index contributed by atoms with van der Waals surface area (Å²) in [6.07, 6.45) is 0. The zero-order valence-electron chi connectivity index (χ0n) is 18.6. The van der Waals surface area contributed by atoms with Crippen LogP contribution in [0.1, 0.15) is 26.6 Å². The first-order chi connectivity index (χ1) is 14.8. The van der Waals surface area contributed by atoms with E-state index in [1.54, 1.807) is 0 Å². The third kappa shape index (κ3) is 5.75. The molecule has 0 fully saturated rings. The van der Waals surface area contributed by atoms with E-state index in [-0.39, 0.29) is 16.7 Å². The summed E-state index contributed by atoms with van der Waals surface area (Å²) in [4.78, 5) is 35.7. The van der Waals surface area contributed by atoms with Gasteiger partial charge in [-0.2, -0.15) is 0 Å². The van der Waals surface area contributed by atoms with E-state index in [4.69, 9.17) is 0 Å². The number of nitrogens with one attached hydrogen (secondary N) is 2. The van der Waals surface area contributed by atoms with Crippen molar-refractivity contribution in [2.75, 3.05) is 20.6 Å². The first kappa shape index (κ1) is 23.5. The molecule has 2 heterocycles. The quantitative estimate of drug-likeness (QED) is 0.507. The van der Waals surface area contributed by atoms with Gasteiger partial charge in [0.2, 0.25) is 5.91 Å². The largest absolute Gasteiger partial charge is 0.354 e. The van der Waals surface area contributed by atoms with Crippen LogP contribution >= 0.6 is 23.1 Å². The fraction of sp³-hybridized carbons (Fsp3) is 0.435. The number of aromatic nitrogens is 2. The number of thioether (sulfide) groups is 1. The summed E-state index contributed by atoms with van der Waals surface area (Å²) < 4.78 is 0. The highest BCUT2D eigenvalue weighted by Crippen LogP contribution is 2.30. The van der Waals surface area contributed by atoms with Crippen LogP contribution in [0.2, 0.25) is 0 Å². The lowest BCUT2D eigenvalue weighted by atomic mass is 10.0. The number of rotatable bonds is 9. The second-order valence-corrected chi connectivity index (χ2v) is 10.4. The Kier molecular flexibility index (Phi) is 7.91. The number of aromatic amines is 1. The molecule has 2 atom stereocenters. The van der Waals surface area contributed by atoms with Gasteiger partial charge in [0.1, 0.15) is 10.7 Å². The van der Waals surface area contributed by atoms with Gasteiger partial charge >= 0.3 is 0 Å². The molecule has 0 bridgehead atoms. The molecule has 0 spiro atoms. The van der Waals surface area contributed by atoms with Crippen molar-refractivity contribution in [3.8, 4) is 11.1 Å². The fourth-order valence-electron chi connectivity index (χ4n) is 3.54. The van der Waals surface area contributed by atoms with E-state index in [2.05, 4.69) is 34.0 Å². The zero-order valence-corrected chi connectivity index (χ0v) is 20.3. The van der Waals surface area contributed by atoms with Gasteiger partial charge in [0.05, 0.1) is 16.4 Å². The molecule has 0 aliphatic carbocycles. The lowest BCUT2D eigenvalue weighted by Crippen LogP contribution is -2.45. The van der Waals surface area contributed by atoms with Crippen molar-refractivity contribution in [3.05, 3.63) is 51.9 Å². The molecule has 8 heteroatoms. The van der Waals surface area contributed by atoms with Crippen molar-refractivity contribution in [1.82, 2.24) is 20.2 Å². The van der Waals surface area contributed by atoms with Crippen molar-refractivity contribution in [2.45, 2.75) is 37.8 Å². The molecule has 3 rings (SSSR count). The van der Waals surface area contributed by atoms with Gasteiger partial charge in [0.15, 0.2) is 0 Å². The van der Waals surface area contributed by atoms with Crippen LogP contribution in [0.15, 0.2) is 40.5 Å². The van der Waals surface area contributed by atoms with E-state index >= 15 is 0 Å². The molecule has 0 aliphatic rings. The highest BCUT2D eigenvalue weighted by atomic mass is 32.2. The highest BCUT2D eigenvalue weighted by molar-refractivity contribution is 7.99. The van der Waals surface area contributed by atoms with Crippen LogP contribution in [0, 0.1) is 5.92 Å². The van der Waals surface area contributed by atoms with Gasteiger partial charge in [-0.15, -0.1) is 23.1 Å². The maximum absolute atomic E-state index is 12.8. The first-order valence-corrected chi connectivity index (χ1v) is 12.3. The second-order valence-electron chi connectivity index (χ2n) is 8.18. The van der Waals surface area contributed by atoms with Gasteiger partial charge in [-0.3, -0.25) is 9.59 Å². The molecule has 31 heavy (non-hydrogen) atoms. The van der Waals surface area contributed by atoms with Gasteiger partial charge in [0.25, 0.3) is 5.56 Å². The maximum atomic E-state index is 12.8. The predicted octanol–water partition coefficient (Wildman–Crippen LogP) is 3.98. The number of hydrogen-bond donors (Lipinski definition) is 2. The number of hydrogen-bond acceptors (Lipinski definition) is 6. The lowest BCUT2D eigenvalue weighted by Gasteiger charge is -2.28. The summed E-state index contributed by atoms with van der Waals surface area (Å²) >= 11 is 2.94. The minimum Gasteiger partial charge on any atom is -0.354 e. The maximum Gasteiger partial charge on any atom is 0.260 e. The SMILES string of the molecule is CC(SCc1nc2scc(-c3ccccc3)c2c(=O)[nH]1)C(=O)NCC(C(C)C)N(C)C. The highest BCUT2D eigenvalue weighted by Gasteiger charge is 2.20. The van der Waals surface area contributed by atoms with Crippen LogP contribution in [-0.4, -0.2) is 52.7 Å². The number of amides is 1. The number of carbonyl (C=O) groups excluding carboxylic acids is 1. The Morgan fingerprint density at radius 1 is 1.23 bits per heavy atom. The van der Waals surface area contributed by atoms with E-state index in [1.165, 1.54) is 23.1 Å². The van der Waals surface area contributed by atoms with Crippen molar-refractivity contribution in [3.63, 3.8) is 0 Å². The summed E-state index contributed by atoms with van der Waals surface area (Å²) in [5, 5.41) is 5.42. The van der Waals surface area contributed by atoms with E-state index in [9.17, 15) is 9.59 Å². The second kappa shape index (κ2) is 10.4. The number of carbonyl (C=O) groups is 1. The van der Waals surface area contributed by atoms with Gasteiger partial charge in [-0.05, 0) is 32.5 Å². The molecule has 2 N–H and O–H groups in total. The van der Waals surface area contributed by atoms with E-state index in [0.717, 1.165) is 16.0 Å². The summed E-state index contributed by atoms with van der Waals surface area (Å²) in [5.41, 5.74) is 1.77. The molecular formula is C23H30N4O2S2. The third-order valence-electron chi connectivity index (χ3n) is 5.34. The topological polar surface area (TPSA) is 78.1 Å². The first-order valence-electron chi connectivity index (χ1n) is 10.4. The summed E-state index contributed by atoms with van der Waals surface area (Å²) in [6, 6.07) is 10.1. The molecule has 2 unspecified atom stereocenters. The number of thiophene rings is 1. The Balaban J connectivity index is 1.65. The summed E-state index contributed by atoms with van der Waals surface area (Å²) in [6.45, 7) is 6.81. The molecule has 2 aromatic heterocycles. The van der Waals surface area contributed by atoms with Crippen molar-refractivity contribution in [1.29, 1.82) is 0 Å². The van der Waals surface area contributed by atoms with Gasteiger partial charge in [-0.25, -0.2) is 4.98 Å². The Bertz CT molecular complexity index is 1070. The van der Waals surface area contributed by atoms with E-state index in [1.807, 2.05) is 56.7 Å². The minimum absolute atomic E-state index is 0.00316. The molecule has 166 valence electrons. The number of nitrogens with zero attached hydrogens (tertiary/aromatic N) is 2. The van der Waals surface area contributed by atoms with Crippen LogP contribution < -0.4 is 10.9 Å². The molecular weight excluding hydrogens is 428 g/mol. The van der Waals surface area contributed by atoms with Crippen molar-refractivity contribution < 1.29 is 4.79 Å². The summed E-state index contributed by atoms with van der Waals surface area (Å²) in [5.74, 6) is 1.52. The molecule has 1 aromatic carbocycles. The Morgan fingerprint density at radius 2 is 1.94 bits per heavy atom. The Hall–Kier alpha value is -2.16. The predicted molar refractivity (Wildman–Crippen MR) is 132 cm³/mol. The normalized spacial score (nSPS) is 13.6. The molecule has 0 saturated carbocycles.